The standard InChI is InChI=1S/C22H19N3O2S/c1-14(2)17-10-8-16(9-11-17)13-19-21(27)25-22(28-19)23-20(26)18(24-25)12-15-6-4-3-5-7-15/h3-11,13-14H,12H2,1-2H3. The summed E-state index contributed by atoms with van der Waals surface area (Å²) in [6.45, 7) is 4.28. The van der Waals surface area contributed by atoms with E-state index in [2.05, 4.69) is 36.1 Å². The Kier molecular flexibility index (Phi) is 4.88. The fraction of sp³-hybridized carbons (Fsp3) is 0.182. The molecular weight excluding hydrogens is 370 g/mol. The number of rotatable bonds is 4. The van der Waals surface area contributed by atoms with Crippen LogP contribution < -0.4 is 15.7 Å². The molecule has 2 aromatic heterocycles. The molecule has 4 rings (SSSR count). The van der Waals surface area contributed by atoms with E-state index in [0.29, 0.717) is 21.8 Å². The van der Waals surface area contributed by atoms with Crippen LogP contribution in [0.1, 0.15) is 42.1 Å². The number of fused-ring (bicyclic) bond motifs is 1. The van der Waals surface area contributed by atoms with Crippen molar-refractivity contribution in [1.29, 1.82) is 0 Å². The Bertz CT molecular complexity index is 1290. The minimum absolute atomic E-state index is 0.255. The lowest BCUT2D eigenvalue weighted by atomic mass is 10.0. The second-order valence-corrected chi connectivity index (χ2v) is 7.97. The highest BCUT2D eigenvalue weighted by Crippen LogP contribution is 2.15. The Morgan fingerprint density at radius 1 is 1.04 bits per heavy atom. The first-order chi connectivity index (χ1) is 13.5. The summed E-state index contributed by atoms with van der Waals surface area (Å²) in [6, 6.07) is 17.7. The van der Waals surface area contributed by atoms with Crippen molar-refractivity contribution in [3.63, 3.8) is 0 Å². The van der Waals surface area contributed by atoms with Gasteiger partial charge in [-0.15, -0.1) is 0 Å². The Morgan fingerprint density at radius 3 is 2.43 bits per heavy atom. The molecule has 0 aliphatic heterocycles. The molecule has 0 atom stereocenters. The van der Waals surface area contributed by atoms with Crippen LogP contribution in [0.25, 0.3) is 11.0 Å². The van der Waals surface area contributed by atoms with Crippen molar-refractivity contribution < 1.29 is 0 Å². The largest absolute Gasteiger partial charge is 0.296 e. The molecule has 5 nitrogen and oxygen atoms in total. The SMILES string of the molecule is CC(C)c1ccc(C=c2sc3nc(=O)c(Cc4ccccc4)nn3c2=O)cc1. The molecule has 140 valence electrons. The van der Waals surface area contributed by atoms with E-state index < -0.39 is 5.56 Å². The van der Waals surface area contributed by atoms with Gasteiger partial charge in [0.05, 0.1) is 4.53 Å². The van der Waals surface area contributed by atoms with Gasteiger partial charge in [-0.2, -0.15) is 14.6 Å². The summed E-state index contributed by atoms with van der Waals surface area (Å²) in [5, 5.41) is 4.29. The first-order valence-electron chi connectivity index (χ1n) is 9.09. The Morgan fingerprint density at radius 2 is 1.75 bits per heavy atom. The second-order valence-electron chi connectivity index (χ2n) is 6.96. The molecule has 28 heavy (non-hydrogen) atoms. The first-order valence-corrected chi connectivity index (χ1v) is 9.91. The highest BCUT2D eigenvalue weighted by Gasteiger charge is 2.11. The van der Waals surface area contributed by atoms with E-state index in [4.69, 9.17) is 0 Å². The van der Waals surface area contributed by atoms with Gasteiger partial charge in [0.1, 0.15) is 5.69 Å². The molecule has 0 bridgehead atoms. The number of hydrogen-bond donors (Lipinski definition) is 0. The maximum Gasteiger partial charge on any atom is 0.296 e. The zero-order chi connectivity index (χ0) is 19.7. The molecule has 0 saturated heterocycles. The molecule has 2 heterocycles. The van der Waals surface area contributed by atoms with E-state index in [0.717, 1.165) is 11.1 Å². The topological polar surface area (TPSA) is 64.3 Å². The average Bonchev–Trinajstić information content (AvgIpc) is 2.98. The molecule has 0 radical (unpaired) electrons. The Labute approximate surface area is 165 Å². The Balaban J connectivity index is 1.76. The molecule has 0 spiro atoms. The van der Waals surface area contributed by atoms with Gasteiger partial charge >= 0.3 is 0 Å². The summed E-state index contributed by atoms with van der Waals surface area (Å²) in [4.78, 5) is 29.5. The van der Waals surface area contributed by atoms with E-state index in [9.17, 15) is 9.59 Å². The van der Waals surface area contributed by atoms with Crippen LogP contribution in [0, 0.1) is 0 Å². The van der Waals surface area contributed by atoms with Gasteiger partial charge in [0, 0.05) is 6.42 Å². The van der Waals surface area contributed by atoms with Gasteiger partial charge in [-0.05, 0) is 28.7 Å². The van der Waals surface area contributed by atoms with E-state index in [-0.39, 0.29) is 11.3 Å². The smallest absolute Gasteiger partial charge is 0.266 e. The second kappa shape index (κ2) is 7.48. The van der Waals surface area contributed by atoms with Crippen LogP contribution >= 0.6 is 11.3 Å². The lowest BCUT2D eigenvalue weighted by Gasteiger charge is -2.04. The van der Waals surface area contributed by atoms with Gasteiger partial charge in [-0.3, -0.25) is 9.59 Å². The highest BCUT2D eigenvalue weighted by molar-refractivity contribution is 7.15. The van der Waals surface area contributed by atoms with Crippen molar-refractivity contribution in [2.24, 2.45) is 0 Å². The van der Waals surface area contributed by atoms with Gasteiger partial charge in [0.2, 0.25) is 4.96 Å². The zero-order valence-electron chi connectivity index (χ0n) is 15.6. The van der Waals surface area contributed by atoms with Crippen molar-refractivity contribution in [3.05, 3.63) is 102 Å². The van der Waals surface area contributed by atoms with Crippen LogP contribution in [0.15, 0.2) is 64.2 Å². The summed E-state index contributed by atoms with van der Waals surface area (Å²) in [5.74, 6) is 0.455. The van der Waals surface area contributed by atoms with Crippen LogP contribution in [0.4, 0.5) is 0 Å². The molecule has 0 unspecified atom stereocenters. The molecule has 6 heteroatoms. The molecule has 4 aromatic rings. The van der Waals surface area contributed by atoms with Crippen molar-refractivity contribution in [2.75, 3.05) is 0 Å². The molecule has 0 saturated carbocycles. The maximum absolute atomic E-state index is 12.8. The molecule has 0 aliphatic rings. The van der Waals surface area contributed by atoms with Crippen molar-refractivity contribution in [3.8, 4) is 0 Å². The predicted octanol–water partition coefficient (Wildman–Crippen LogP) is 2.77. The third kappa shape index (κ3) is 3.64. The van der Waals surface area contributed by atoms with Crippen LogP contribution in [-0.4, -0.2) is 14.6 Å². The summed E-state index contributed by atoms with van der Waals surface area (Å²) in [5.41, 5.74) is 2.75. The third-order valence-corrected chi connectivity index (χ3v) is 5.52. The lowest BCUT2D eigenvalue weighted by molar-refractivity contribution is 0.811. The predicted molar refractivity (Wildman–Crippen MR) is 112 cm³/mol. The average molecular weight is 389 g/mol. The monoisotopic (exact) mass is 389 g/mol. The van der Waals surface area contributed by atoms with Crippen LogP contribution in [0.3, 0.4) is 0 Å². The van der Waals surface area contributed by atoms with Gasteiger partial charge in [0.25, 0.3) is 11.1 Å². The van der Waals surface area contributed by atoms with Crippen LogP contribution in [0.5, 0.6) is 0 Å². The van der Waals surface area contributed by atoms with Crippen LogP contribution in [0.2, 0.25) is 0 Å². The molecule has 2 aromatic carbocycles. The Hall–Kier alpha value is -3.12. The van der Waals surface area contributed by atoms with Gasteiger partial charge < -0.3 is 0 Å². The quantitative estimate of drug-likeness (QED) is 0.538. The molecule has 0 N–H and O–H groups in total. The van der Waals surface area contributed by atoms with E-state index in [1.807, 2.05) is 48.5 Å². The fourth-order valence-corrected chi connectivity index (χ4v) is 3.87. The number of nitrogens with zero attached hydrogens (tertiary/aromatic N) is 3. The van der Waals surface area contributed by atoms with Gasteiger partial charge in [0.15, 0.2) is 0 Å². The number of benzene rings is 2. The molecule has 0 amide bonds. The van der Waals surface area contributed by atoms with Crippen molar-refractivity contribution >= 4 is 22.4 Å². The fourth-order valence-electron chi connectivity index (χ4n) is 2.97. The summed E-state index contributed by atoms with van der Waals surface area (Å²) < 4.78 is 1.74. The molecule has 0 aliphatic carbocycles. The van der Waals surface area contributed by atoms with Crippen LogP contribution in [-0.2, 0) is 6.42 Å². The number of thiazole rings is 1. The maximum atomic E-state index is 12.8. The third-order valence-electron chi connectivity index (χ3n) is 4.57. The minimum Gasteiger partial charge on any atom is -0.266 e. The first kappa shape index (κ1) is 18.3. The van der Waals surface area contributed by atoms with Crippen molar-refractivity contribution in [2.45, 2.75) is 26.2 Å². The number of hydrogen-bond acceptors (Lipinski definition) is 5. The van der Waals surface area contributed by atoms with E-state index >= 15 is 0 Å². The van der Waals surface area contributed by atoms with E-state index in [1.165, 1.54) is 21.4 Å². The zero-order valence-corrected chi connectivity index (χ0v) is 16.4. The normalized spacial score (nSPS) is 12.2. The lowest BCUT2D eigenvalue weighted by Crippen LogP contribution is -2.28. The van der Waals surface area contributed by atoms with Gasteiger partial charge in [-0.1, -0.05) is 79.8 Å². The summed E-state index contributed by atoms with van der Waals surface area (Å²) in [7, 11) is 0. The molecule has 0 fully saturated rings. The number of aromatic nitrogens is 3. The van der Waals surface area contributed by atoms with Crippen molar-refractivity contribution in [1.82, 2.24) is 14.6 Å². The highest BCUT2D eigenvalue weighted by atomic mass is 32.1. The molecular formula is C22H19N3O2S. The summed E-state index contributed by atoms with van der Waals surface area (Å²) >= 11 is 1.18. The van der Waals surface area contributed by atoms with Gasteiger partial charge in [-0.25, -0.2) is 0 Å². The van der Waals surface area contributed by atoms with E-state index in [1.54, 1.807) is 0 Å². The minimum atomic E-state index is -0.391. The summed E-state index contributed by atoms with van der Waals surface area (Å²) in [6.07, 6.45) is 2.16.